The van der Waals surface area contributed by atoms with Gasteiger partial charge in [-0.25, -0.2) is 0 Å². The Balaban J connectivity index is 1.71. The number of fused-ring (bicyclic) bond motifs is 1. The lowest BCUT2D eigenvalue weighted by Gasteiger charge is -2.21. The van der Waals surface area contributed by atoms with Crippen LogP contribution in [0.5, 0.6) is 5.75 Å². The minimum Gasteiger partial charge on any atom is -0.480 e. The highest BCUT2D eigenvalue weighted by molar-refractivity contribution is 5.89. The highest BCUT2D eigenvalue weighted by atomic mass is 16.5. The molecule has 2 atom stereocenters. The molecule has 3 nitrogen and oxygen atoms in total. The summed E-state index contributed by atoms with van der Waals surface area (Å²) in [4.78, 5) is 12.7. The molecule has 0 bridgehead atoms. The smallest absolute Gasteiger partial charge is 0.261 e. The number of hydrogen-bond acceptors (Lipinski definition) is 2. The number of carbonyl (C=O) groups excluding carboxylic acids is 1. The van der Waals surface area contributed by atoms with Crippen molar-refractivity contribution in [2.75, 3.05) is 0 Å². The quantitative estimate of drug-likeness (QED) is 0.667. The van der Waals surface area contributed by atoms with Gasteiger partial charge in [0, 0.05) is 5.39 Å². The molecule has 0 heterocycles. The number of ether oxygens (including phenoxy) is 1. The van der Waals surface area contributed by atoms with Gasteiger partial charge in [0.15, 0.2) is 6.10 Å². The van der Waals surface area contributed by atoms with Gasteiger partial charge in [-0.15, -0.1) is 0 Å². The molecular weight excluding hydrogens is 322 g/mol. The van der Waals surface area contributed by atoms with E-state index < -0.39 is 6.10 Å². The average Bonchev–Trinajstić information content (AvgIpc) is 2.67. The molecule has 0 unspecified atom stereocenters. The Morgan fingerprint density at radius 3 is 2.42 bits per heavy atom. The topological polar surface area (TPSA) is 38.3 Å². The molecule has 1 amide bonds. The lowest BCUT2D eigenvalue weighted by molar-refractivity contribution is -0.128. The predicted octanol–water partition coefficient (Wildman–Crippen LogP) is 5.18. The molecule has 1 N–H and O–H groups in total. The molecule has 0 aliphatic heterocycles. The van der Waals surface area contributed by atoms with Gasteiger partial charge in [0.1, 0.15) is 5.75 Å². The lowest BCUT2D eigenvalue weighted by atomic mass is 10.0. The second kappa shape index (κ2) is 8.05. The van der Waals surface area contributed by atoms with Gasteiger partial charge < -0.3 is 10.1 Å². The Hall–Kier alpha value is -2.81. The van der Waals surface area contributed by atoms with E-state index in [1.165, 1.54) is 5.56 Å². The van der Waals surface area contributed by atoms with E-state index in [-0.39, 0.29) is 11.9 Å². The van der Waals surface area contributed by atoms with Crippen LogP contribution in [0.3, 0.4) is 0 Å². The monoisotopic (exact) mass is 347 g/mol. The summed E-state index contributed by atoms with van der Waals surface area (Å²) in [7, 11) is 0. The van der Waals surface area contributed by atoms with E-state index in [1.54, 1.807) is 6.92 Å². The van der Waals surface area contributed by atoms with Crippen molar-refractivity contribution < 1.29 is 9.53 Å². The molecule has 0 spiro atoms. The van der Waals surface area contributed by atoms with E-state index in [0.717, 1.165) is 28.5 Å². The minimum atomic E-state index is -0.569. The molecule has 0 fully saturated rings. The summed E-state index contributed by atoms with van der Waals surface area (Å²) in [5.74, 6) is 0.625. The molecule has 3 heteroatoms. The molecule has 0 aliphatic rings. The third-order valence-electron chi connectivity index (χ3n) is 4.63. The van der Waals surface area contributed by atoms with Crippen molar-refractivity contribution in [2.24, 2.45) is 0 Å². The standard InChI is InChI=1S/C23H25NO2/c1-4-21(19-14-12-16(2)13-15-19)24-23(25)17(3)26-22-11-7-9-18-8-5-6-10-20(18)22/h5-15,17,21H,4H2,1-3H3,(H,24,25)/t17-,21-/m0/s1. The number of aryl methyl sites for hydroxylation is 1. The highest BCUT2D eigenvalue weighted by Crippen LogP contribution is 2.26. The Kier molecular flexibility index (Phi) is 5.57. The van der Waals surface area contributed by atoms with Crippen molar-refractivity contribution in [3.05, 3.63) is 77.9 Å². The molecule has 26 heavy (non-hydrogen) atoms. The van der Waals surface area contributed by atoms with Crippen molar-refractivity contribution in [3.63, 3.8) is 0 Å². The van der Waals surface area contributed by atoms with Gasteiger partial charge in [0.05, 0.1) is 6.04 Å². The molecule has 3 rings (SSSR count). The summed E-state index contributed by atoms with van der Waals surface area (Å²) >= 11 is 0. The number of nitrogens with one attached hydrogen (secondary N) is 1. The molecule has 0 saturated heterocycles. The molecular formula is C23H25NO2. The SMILES string of the molecule is CC[C@H](NC(=O)[C@H](C)Oc1cccc2ccccc12)c1ccc(C)cc1. The van der Waals surface area contributed by atoms with Crippen LogP contribution in [0, 0.1) is 6.92 Å². The fraction of sp³-hybridized carbons (Fsp3) is 0.261. The Morgan fingerprint density at radius 2 is 1.69 bits per heavy atom. The van der Waals surface area contributed by atoms with Crippen LogP contribution in [0.1, 0.15) is 37.4 Å². The second-order valence-electron chi connectivity index (χ2n) is 6.62. The number of hydrogen-bond donors (Lipinski definition) is 1. The first kappa shape index (κ1) is 18.0. The Labute approximate surface area is 155 Å². The summed E-state index contributed by atoms with van der Waals surface area (Å²) in [6.07, 6.45) is 0.260. The van der Waals surface area contributed by atoms with Crippen molar-refractivity contribution in [3.8, 4) is 5.75 Å². The number of benzene rings is 3. The largest absolute Gasteiger partial charge is 0.480 e. The van der Waals surface area contributed by atoms with Crippen LogP contribution in [0.25, 0.3) is 10.8 Å². The minimum absolute atomic E-state index is 0.0123. The molecule has 0 aliphatic carbocycles. The number of amides is 1. The van der Waals surface area contributed by atoms with Crippen molar-refractivity contribution >= 4 is 16.7 Å². The third kappa shape index (κ3) is 4.05. The third-order valence-corrected chi connectivity index (χ3v) is 4.63. The van der Waals surface area contributed by atoms with Gasteiger partial charge in [-0.05, 0) is 37.3 Å². The van der Waals surface area contributed by atoms with Crippen LogP contribution >= 0.6 is 0 Å². The average molecular weight is 347 g/mol. The van der Waals surface area contributed by atoms with Gasteiger partial charge in [-0.1, -0.05) is 73.2 Å². The maximum atomic E-state index is 12.7. The first-order chi connectivity index (χ1) is 12.6. The van der Waals surface area contributed by atoms with Crippen molar-refractivity contribution in [1.29, 1.82) is 0 Å². The Bertz CT molecular complexity index is 881. The van der Waals surface area contributed by atoms with E-state index in [2.05, 4.69) is 43.4 Å². The fourth-order valence-electron chi connectivity index (χ4n) is 3.05. The summed E-state index contributed by atoms with van der Waals surface area (Å²) in [5.41, 5.74) is 2.33. The van der Waals surface area contributed by atoms with Crippen LogP contribution < -0.4 is 10.1 Å². The Morgan fingerprint density at radius 1 is 1.00 bits per heavy atom. The molecule has 3 aromatic carbocycles. The highest BCUT2D eigenvalue weighted by Gasteiger charge is 2.20. The molecule has 3 aromatic rings. The van der Waals surface area contributed by atoms with Crippen molar-refractivity contribution in [1.82, 2.24) is 5.32 Å². The van der Waals surface area contributed by atoms with Gasteiger partial charge in [-0.3, -0.25) is 4.79 Å². The van der Waals surface area contributed by atoms with Gasteiger partial charge in [0.2, 0.25) is 0 Å². The molecule has 0 saturated carbocycles. The van der Waals surface area contributed by atoms with E-state index in [1.807, 2.05) is 42.5 Å². The zero-order valence-corrected chi connectivity index (χ0v) is 15.5. The summed E-state index contributed by atoms with van der Waals surface area (Å²) in [6, 6.07) is 22.2. The maximum Gasteiger partial charge on any atom is 0.261 e. The van der Waals surface area contributed by atoms with Gasteiger partial charge >= 0.3 is 0 Å². The van der Waals surface area contributed by atoms with Gasteiger partial charge in [-0.2, -0.15) is 0 Å². The van der Waals surface area contributed by atoms with Crippen LogP contribution in [0.15, 0.2) is 66.7 Å². The zero-order valence-electron chi connectivity index (χ0n) is 15.5. The number of rotatable bonds is 6. The first-order valence-corrected chi connectivity index (χ1v) is 9.10. The predicted molar refractivity (Wildman–Crippen MR) is 106 cm³/mol. The van der Waals surface area contributed by atoms with E-state index >= 15 is 0 Å². The lowest BCUT2D eigenvalue weighted by Crippen LogP contribution is -2.38. The molecule has 0 radical (unpaired) electrons. The maximum absolute atomic E-state index is 12.7. The summed E-state index contributed by atoms with van der Waals surface area (Å²) in [6.45, 7) is 5.92. The van der Waals surface area contributed by atoms with Crippen LogP contribution in [0.4, 0.5) is 0 Å². The van der Waals surface area contributed by atoms with E-state index in [4.69, 9.17) is 4.74 Å². The zero-order chi connectivity index (χ0) is 18.5. The summed E-state index contributed by atoms with van der Waals surface area (Å²) < 4.78 is 5.98. The fourth-order valence-corrected chi connectivity index (χ4v) is 3.05. The van der Waals surface area contributed by atoms with Crippen LogP contribution in [-0.4, -0.2) is 12.0 Å². The second-order valence-corrected chi connectivity index (χ2v) is 6.62. The molecule has 0 aromatic heterocycles. The number of carbonyl (C=O) groups is 1. The summed E-state index contributed by atoms with van der Waals surface area (Å²) in [5, 5.41) is 5.22. The van der Waals surface area contributed by atoms with E-state index in [0.29, 0.717) is 0 Å². The normalized spacial score (nSPS) is 13.2. The van der Waals surface area contributed by atoms with Gasteiger partial charge in [0.25, 0.3) is 5.91 Å². The first-order valence-electron chi connectivity index (χ1n) is 9.10. The van der Waals surface area contributed by atoms with E-state index in [9.17, 15) is 4.79 Å². The van der Waals surface area contributed by atoms with Crippen molar-refractivity contribution in [2.45, 2.75) is 39.3 Å². The van der Waals surface area contributed by atoms with Crippen LogP contribution in [0.2, 0.25) is 0 Å². The van der Waals surface area contributed by atoms with Crippen LogP contribution in [-0.2, 0) is 4.79 Å². The molecule has 134 valence electrons.